The van der Waals surface area contributed by atoms with Crippen molar-refractivity contribution in [3.63, 3.8) is 0 Å². The highest BCUT2D eigenvalue weighted by Crippen LogP contribution is 2.11. The van der Waals surface area contributed by atoms with E-state index in [-0.39, 0.29) is 12.2 Å². The van der Waals surface area contributed by atoms with Crippen LogP contribution in [0.3, 0.4) is 0 Å². The molecule has 0 radical (unpaired) electrons. The van der Waals surface area contributed by atoms with Gasteiger partial charge >= 0.3 is 0 Å². The van der Waals surface area contributed by atoms with E-state index in [0.717, 1.165) is 6.07 Å². The number of carbonyl (C=O) groups is 2. The highest BCUT2D eigenvalue weighted by atomic mass is 19.1. The van der Waals surface area contributed by atoms with E-state index in [1.54, 1.807) is 24.3 Å². The lowest BCUT2D eigenvalue weighted by molar-refractivity contribution is -0.123. The molecule has 2 amide bonds. The summed E-state index contributed by atoms with van der Waals surface area (Å²) in [5.74, 6) is -1.67. The van der Waals surface area contributed by atoms with Crippen LogP contribution >= 0.6 is 0 Å². The topological polar surface area (TPSA) is 91.2 Å². The molecule has 0 aliphatic carbocycles. The maximum absolute atomic E-state index is 13.4. The highest BCUT2D eigenvalue weighted by molar-refractivity contribution is 5.95. The SMILES string of the molecule is N#Cc1ccc(OCC(=O)NNC(=O)c2ccccc2F)cc1. The van der Waals surface area contributed by atoms with Gasteiger partial charge in [-0.2, -0.15) is 5.26 Å². The Hall–Kier alpha value is -3.40. The van der Waals surface area contributed by atoms with Gasteiger partial charge in [-0.1, -0.05) is 12.1 Å². The second-order valence-corrected chi connectivity index (χ2v) is 4.41. The number of nitriles is 1. The first-order valence-electron chi connectivity index (χ1n) is 6.57. The second-order valence-electron chi connectivity index (χ2n) is 4.41. The molecule has 0 unspecified atom stereocenters. The van der Waals surface area contributed by atoms with Gasteiger partial charge in [0.2, 0.25) is 0 Å². The number of hydrogen-bond acceptors (Lipinski definition) is 4. The molecule has 0 saturated carbocycles. The number of amides is 2. The molecule has 0 atom stereocenters. The molecule has 2 N–H and O–H groups in total. The van der Waals surface area contributed by atoms with Crippen LogP contribution in [0.25, 0.3) is 0 Å². The van der Waals surface area contributed by atoms with Crippen molar-refractivity contribution in [1.29, 1.82) is 5.26 Å². The lowest BCUT2D eigenvalue weighted by Crippen LogP contribution is -2.44. The van der Waals surface area contributed by atoms with Crippen molar-refractivity contribution in [3.05, 3.63) is 65.5 Å². The van der Waals surface area contributed by atoms with Gasteiger partial charge in [-0.25, -0.2) is 4.39 Å². The molecule has 0 aromatic heterocycles. The Bertz CT molecular complexity index is 754. The van der Waals surface area contributed by atoms with E-state index in [9.17, 15) is 14.0 Å². The zero-order chi connectivity index (χ0) is 16.7. The fourth-order valence-corrected chi connectivity index (χ4v) is 1.65. The first-order valence-corrected chi connectivity index (χ1v) is 6.57. The van der Waals surface area contributed by atoms with E-state index in [0.29, 0.717) is 11.3 Å². The minimum atomic E-state index is -0.769. The first kappa shape index (κ1) is 16.0. The quantitative estimate of drug-likeness (QED) is 0.838. The summed E-state index contributed by atoms with van der Waals surface area (Å²) < 4.78 is 18.6. The number of hydrogen-bond donors (Lipinski definition) is 2. The van der Waals surface area contributed by atoms with Crippen LogP contribution in [-0.4, -0.2) is 18.4 Å². The van der Waals surface area contributed by atoms with Crippen molar-refractivity contribution < 1.29 is 18.7 Å². The van der Waals surface area contributed by atoms with Crippen LogP contribution in [0.2, 0.25) is 0 Å². The van der Waals surface area contributed by atoms with Gasteiger partial charge in [-0.05, 0) is 36.4 Å². The van der Waals surface area contributed by atoms with Crippen molar-refractivity contribution in [2.45, 2.75) is 0 Å². The van der Waals surface area contributed by atoms with Crippen LogP contribution in [0.15, 0.2) is 48.5 Å². The lowest BCUT2D eigenvalue weighted by atomic mass is 10.2. The van der Waals surface area contributed by atoms with Gasteiger partial charge in [0.15, 0.2) is 6.61 Å². The number of halogens is 1. The molecule has 0 bridgehead atoms. The fourth-order valence-electron chi connectivity index (χ4n) is 1.65. The largest absolute Gasteiger partial charge is 0.484 e. The van der Waals surface area contributed by atoms with Gasteiger partial charge < -0.3 is 4.74 Å². The van der Waals surface area contributed by atoms with Crippen LogP contribution in [0.1, 0.15) is 15.9 Å². The zero-order valence-electron chi connectivity index (χ0n) is 11.9. The van der Waals surface area contributed by atoms with Crippen molar-refractivity contribution in [3.8, 4) is 11.8 Å². The molecule has 2 aromatic rings. The fraction of sp³-hybridized carbons (Fsp3) is 0.0625. The summed E-state index contributed by atoms with van der Waals surface area (Å²) in [5.41, 5.74) is 4.50. The van der Waals surface area contributed by atoms with Gasteiger partial charge in [0.1, 0.15) is 11.6 Å². The molecular formula is C16H12FN3O3. The van der Waals surface area contributed by atoms with Gasteiger partial charge in [0, 0.05) is 0 Å². The van der Waals surface area contributed by atoms with Gasteiger partial charge in [0.05, 0.1) is 17.2 Å². The molecular weight excluding hydrogens is 301 g/mol. The third-order valence-corrected chi connectivity index (χ3v) is 2.79. The summed E-state index contributed by atoms with van der Waals surface area (Å²) in [6.07, 6.45) is 0. The van der Waals surface area contributed by atoms with Gasteiger partial charge in [-0.15, -0.1) is 0 Å². The normalized spacial score (nSPS) is 9.57. The minimum Gasteiger partial charge on any atom is -0.484 e. The van der Waals surface area contributed by atoms with Crippen LogP contribution in [-0.2, 0) is 4.79 Å². The summed E-state index contributed by atoms with van der Waals surface area (Å²) in [7, 11) is 0. The molecule has 7 heteroatoms. The summed E-state index contributed by atoms with van der Waals surface area (Å²) in [6.45, 7) is -0.344. The second kappa shape index (κ2) is 7.56. The number of benzene rings is 2. The zero-order valence-corrected chi connectivity index (χ0v) is 11.9. The maximum atomic E-state index is 13.4. The molecule has 0 saturated heterocycles. The molecule has 2 aromatic carbocycles. The number of nitrogens with zero attached hydrogens (tertiary/aromatic N) is 1. The monoisotopic (exact) mass is 313 g/mol. The van der Waals surface area contributed by atoms with Crippen LogP contribution in [0.4, 0.5) is 4.39 Å². The lowest BCUT2D eigenvalue weighted by Gasteiger charge is -2.09. The summed E-state index contributed by atoms with van der Waals surface area (Å²) in [4.78, 5) is 23.2. The summed E-state index contributed by atoms with van der Waals surface area (Å²) in [5, 5.41) is 8.66. The number of carbonyl (C=O) groups excluding carboxylic acids is 2. The smallest absolute Gasteiger partial charge is 0.276 e. The van der Waals surface area contributed by atoms with E-state index in [4.69, 9.17) is 10.00 Å². The van der Waals surface area contributed by atoms with Crippen LogP contribution < -0.4 is 15.6 Å². The highest BCUT2D eigenvalue weighted by Gasteiger charge is 2.11. The van der Waals surface area contributed by atoms with Crippen molar-refractivity contribution >= 4 is 11.8 Å². The molecule has 23 heavy (non-hydrogen) atoms. The Balaban J connectivity index is 1.80. The van der Waals surface area contributed by atoms with E-state index >= 15 is 0 Å². The molecule has 0 heterocycles. The average Bonchev–Trinajstić information content (AvgIpc) is 2.58. The van der Waals surface area contributed by atoms with E-state index < -0.39 is 17.6 Å². The Kier molecular flexibility index (Phi) is 5.25. The maximum Gasteiger partial charge on any atom is 0.276 e. The number of rotatable bonds is 4. The van der Waals surface area contributed by atoms with Crippen molar-refractivity contribution in [1.82, 2.24) is 10.9 Å². The van der Waals surface area contributed by atoms with E-state index in [2.05, 4.69) is 10.9 Å². The van der Waals surface area contributed by atoms with E-state index in [1.807, 2.05) is 6.07 Å². The first-order chi connectivity index (χ1) is 11.1. The van der Waals surface area contributed by atoms with E-state index in [1.165, 1.54) is 18.2 Å². The number of hydrazine groups is 1. The third kappa shape index (κ3) is 4.54. The third-order valence-electron chi connectivity index (χ3n) is 2.79. The summed E-state index contributed by atoms with van der Waals surface area (Å²) in [6, 6.07) is 13.5. The Morgan fingerprint density at radius 2 is 1.78 bits per heavy atom. The molecule has 0 aliphatic heterocycles. The standard InChI is InChI=1S/C16H12FN3O3/c17-14-4-2-1-3-13(14)16(22)20-19-15(21)10-23-12-7-5-11(9-18)6-8-12/h1-8H,10H2,(H,19,21)(H,20,22). The minimum absolute atomic E-state index is 0.180. The summed E-state index contributed by atoms with van der Waals surface area (Å²) >= 11 is 0. The van der Waals surface area contributed by atoms with Crippen molar-refractivity contribution in [2.24, 2.45) is 0 Å². The predicted molar refractivity (Wildman–Crippen MR) is 78.7 cm³/mol. The van der Waals surface area contributed by atoms with Gasteiger partial charge in [-0.3, -0.25) is 20.4 Å². The average molecular weight is 313 g/mol. The van der Waals surface area contributed by atoms with Gasteiger partial charge in [0.25, 0.3) is 11.8 Å². The number of nitrogens with one attached hydrogen (secondary N) is 2. The Morgan fingerprint density at radius 1 is 1.09 bits per heavy atom. The van der Waals surface area contributed by atoms with Crippen LogP contribution in [0, 0.1) is 17.1 Å². The molecule has 116 valence electrons. The number of ether oxygens (including phenoxy) is 1. The Labute approximate surface area is 131 Å². The Morgan fingerprint density at radius 3 is 2.43 bits per heavy atom. The molecule has 0 spiro atoms. The molecule has 6 nitrogen and oxygen atoms in total. The van der Waals surface area contributed by atoms with Crippen LogP contribution in [0.5, 0.6) is 5.75 Å². The molecule has 0 aliphatic rings. The van der Waals surface area contributed by atoms with Crippen molar-refractivity contribution in [2.75, 3.05) is 6.61 Å². The molecule has 0 fully saturated rings. The predicted octanol–water partition coefficient (Wildman–Crippen LogP) is 1.54. The molecule has 2 rings (SSSR count).